The summed E-state index contributed by atoms with van der Waals surface area (Å²) in [6.45, 7) is 0.594. The van der Waals surface area contributed by atoms with Gasteiger partial charge in [-0.15, -0.1) is 0 Å². The minimum atomic E-state index is -0.161. The molecule has 0 atom stereocenters. The largest absolute Gasteiger partial charge is 0.497 e. The van der Waals surface area contributed by atoms with E-state index in [1.807, 2.05) is 30.3 Å². The Morgan fingerprint density at radius 2 is 2.08 bits per heavy atom. The van der Waals surface area contributed by atoms with Crippen LogP contribution in [-0.4, -0.2) is 36.6 Å². The molecule has 1 aromatic carbocycles. The average Bonchev–Trinajstić information content (AvgIpc) is 3.14. The molecule has 0 unspecified atom stereocenters. The van der Waals surface area contributed by atoms with E-state index in [2.05, 4.69) is 4.98 Å². The number of nitrogens with zero attached hydrogens (tertiary/aromatic N) is 2. The van der Waals surface area contributed by atoms with Gasteiger partial charge in [0.1, 0.15) is 23.3 Å². The maximum atomic E-state index is 12.4. The molecule has 7 heteroatoms. The Kier molecular flexibility index (Phi) is 5.75. The summed E-state index contributed by atoms with van der Waals surface area (Å²) in [5, 5.41) is 1.25. The molecule has 0 aliphatic heterocycles. The number of rotatable bonds is 7. The van der Waals surface area contributed by atoms with E-state index in [-0.39, 0.29) is 12.5 Å². The fraction of sp³-hybridized carbons (Fsp3) is 0.263. The lowest BCUT2D eigenvalue weighted by molar-refractivity contribution is -0.136. The van der Waals surface area contributed by atoms with Crippen molar-refractivity contribution in [3.05, 3.63) is 59.1 Å². The van der Waals surface area contributed by atoms with E-state index in [1.165, 1.54) is 7.11 Å². The molecule has 0 fully saturated rings. The molecular weight excluding hydrogens is 356 g/mol. The van der Waals surface area contributed by atoms with Crippen LogP contribution in [0, 0.1) is 0 Å². The van der Waals surface area contributed by atoms with Gasteiger partial charge in [-0.05, 0) is 36.4 Å². The lowest BCUT2D eigenvalue weighted by Gasteiger charge is -2.22. The van der Waals surface area contributed by atoms with E-state index < -0.39 is 0 Å². The van der Waals surface area contributed by atoms with Crippen LogP contribution in [0.15, 0.2) is 47.1 Å². The summed E-state index contributed by atoms with van der Waals surface area (Å²) in [7, 11) is 3.10. The molecule has 3 aromatic rings. The standard InChI is InChI=1S/C19H19ClN2O4/c1-24-12-18(23)22(11-16-4-3-7-26-16)10-14-8-13-9-15(25-2)5-6-17(13)21-19(14)20/h3-9H,10-12H2,1-2H3. The first-order valence-electron chi connectivity index (χ1n) is 8.03. The summed E-state index contributed by atoms with van der Waals surface area (Å²) in [6, 6.07) is 11.1. The van der Waals surface area contributed by atoms with Crippen LogP contribution >= 0.6 is 11.6 Å². The van der Waals surface area contributed by atoms with Crippen LogP contribution in [0.25, 0.3) is 10.9 Å². The van der Waals surface area contributed by atoms with E-state index in [0.717, 1.165) is 22.2 Å². The van der Waals surface area contributed by atoms with Crippen LogP contribution in [-0.2, 0) is 22.6 Å². The van der Waals surface area contributed by atoms with Crippen molar-refractivity contribution in [2.24, 2.45) is 0 Å². The van der Waals surface area contributed by atoms with Crippen molar-refractivity contribution >= 4 is 28.4 Å². The molecule has 2 heterocycles. The molecule has 0 spiro atoms. The van der Waals surface area contributed by atoms with Crippen molar-refractivity contribution < 1.29 is 18.7 Å². The number of carbonyl (C=O) groups excluding carboxylic acids is 1. The molecule has 0 saturated carbocycles. The summed E-state index contributed by atoms with van der Waals surface area (Å²) in [6.07, 6.45) is 1.57. The highest BCUT2D eigenvalue weighted by Crippen LogP contribution is 2.25. The number of hydrogen-bond acceptors (Lipinski definition) is 5. The monoisotopic (exact) mass is 374 g/mol. The van der Waals surface area contributed by atoms with Crippen molar-refractivity contribution in [1.29, 1.82) is 0 Å². The maximum Gasteiger partial charge on any atom is 0.249 e. The Balaban J connectivity index is 1.91. The van der Waals surface area contributed by atoms with Crippen molar-refractivity contribution in [3.63, 3.8) is 0 Å². The van der Waals surface area contributed by atoms with Gasteiger partial charge in [-0.3, -0.25) is 4.79 Å². The van der Waals surface area contributed by atoms with Crippen molar-refractivity contribution in [2.45, 2.75) is 13.1 Å². The second-order valence-corrected chi connectivity index (χ2v) is 6.12. The first-order chi connectivity index (χ1) is 12.6. The van der Waals surface area contributed by atoms with Crippen molar-refractivity contribution in [1.82, 2.24) is 9.88 Å². The molecule has 1 amide bonds. The molecule has 0 radical (unpaired) electrons. The first kappa shape index (κ1) is 18.2. The summed E-state index contributed by atoms with van der Waals surface area (Å²) in [5.74, 6) is 1.25. The fourth-order valence-corrected chi connectivity index (χ4v) is 2.86. The SMILES string of the molecule is COCC(=O)N(Cc1ccco1)Cc1cc2cc(OC)ccc2nc1Cl. The van der Waals surface area contributed by atoms with Gasteiger partial charge < -0.3 is 18.8 Å². The van der Waals surface area contributed by atoms with Gasteiger partial charge in [0.2, 0.25) is 5.91 Å². The first-order valence-corrected chi connectivity index (χ1v) is 8.40. The highest BCUT2D eigenvalue weighted by atomic mass is 35.5. The van der Waals surface area contributed by atoms with Gasteiger partial charge in [-0.2, -0.15) is 0 Å². The van der Waals surface area contributed by atoms with E-state index in [1.54, 1.807) is 24.3 Å². The molecule has 2 aromatic heterocycles. The van der Waals surface area contributed by atoms with E-state index in [9.17, 15) is 4.79 Å². The third-order valence-corrected chi connectivity index (χ3v) is 4.28. The predicted octanol–water partition coefficient (Wildman–Crippen LogP) is 3.67. The molecule has 0 aliphatic carbocycles. The Morgan fingerprint density at radius 1 is 1.23 bits per heavy atom. The van der Waals surface area contributed by atoms with Crippen LogP contribution in [0.3, 0.4) is 0 Å². The van der Waals surface area contributed by atoms with Gasteiger partial charge in [0.15, 0.2) is 0 Å². The van der Waals surface area contributed by atoms with Gasteiger partial charge in [-0.1, -0.05) is 11.6 Å². The summed E-state index contributed by atoms with van der Waals surface area (Å²) < 4.78 is 15.6. The number of hydrogen-bond donors (Lipinski definition) is 0. The number of furan rings is 1. The number of aromatic nitrogens is 1. The van der Waals surface area contributed by atoms with E-state index in [0.29, 0.717) is 24.0 Å². The van der Waals surface area contributed by atoms with Gasteiger partial charge >= 0.3 is 0 Å². The maximum absolute atomic E-state index is 12.4. The van der Waals surface area contributed by atoms with Gasteiger partial charge in [-0.25, -0.2) is 4.98 Å². The number of halogens is 1. The minimum Gasteiger partial charge on any atom is -0.497 e. The van der Waals surface area contributed by atoms with Gasteiger partial charge in [0.25, 0.3) is 0 Å². The van der Waals surface area contributed by atoms with Crippen molar-refractivity contribution in [2.75, 3.05) is 20.8 Å². The molecule has 6 nitrogen and oxygen atoms in total. The number of ether oxygens (including phenoxy) is 2. The Morgan fingerprint density at radius 3 is 2.77 bits per heavy atom. The van der Waals surface area contributed by atoms with Crippen LogP contribution < -0.4 is 4.74 Å². The lowest BCUT2D eigenvalue weighted by atomic mass is 10.1. The fourth-order valence-electron chi connectivity index (χ4n) is 2.66. The minimum absolute atomic E-state index is 0.0207. The summed E-state index contributed by atoms with van der Waals surface area (Å²) in [4.78, 5) is 18.5. The quantitative estimate of drug-likeness (QED) is 0.590. The predicted molar refractivity (Wildman–Crippen MR) is 98.1 cm³/mol. The molecule has 0 saturated heterocycles. The van der Waals surface area contributed by atoms with Crippen LogP contribution in [0.1, 0.15) is 11.3 Å². The Labute approximate surface area is 156 Å². The number of carbonyl (C=O) groups is 1. The zero-order valence-corrected chi connectivity index (χ0v) is 15.3. The van der Waals surface area contributed by atoms with Gasteiger partial charge in [0.05, 0.1) is 25.4 Å². The number of amides is 1. The summed E-state index contributed by atoms with van der Waals surface area (Å²) in [5.41, 5.74) is 1.50. The molecule has 26 heavy (non-hydrogen) atoms. The Bertz CT molecular complexity index is 896. The van der Waals surface area contributed by atoms with Crippen LogP contribution in [0.5, 0.6) is 5.75 Å². The summed E-state index contributed by atoms with van der Waals surface area (Å²) >= 11 is 6.35. The molecular formula is C19H19ClN2O4. The highest BCUT2D eigenvalue weighted by Gasteiger charge is 2.18. The average molecular weight is 375 g/mol. The zero-order chi connectivity index (χ0) is 18.5. The number of benzene rings is 1. The second-order valence-electron chi connectivity index (χ2n) is 5.76. The Hall–Kier alpha value is -2.57. The highest BCUT2D eigenvalue weighted by molar-refractivity contribution is 6.30. The van der Waals surface area contributed by atoms with Gasteiger partial charge in [0, 0.05) is 24.6 Å². The van der Waals surface area contributed by atoms with Crippen LogP contribution in [0.4, 0.5) is 0 Å². The second kappa shape index (κ2) is 8.21. The normalized spacial score (nSPS) is 10.9. The zero-order valence-electron chi connectivity index (χ0n) is 14.6. The topological polar surface area (TPSA) is 64.8 Å². The molecule has 0 aliphatic rings. The van der Waals surface area contributed by atoms with E-state index >= 15 is 0 Å². The molecule has 0 bridgehead atoms. The molecule has 136 valence electrons. The number of methoxy groups -OCH3 is 2. The van der Waals surface area contributed by atoms with Crippen molar-refractivity contribution in [3.8, 4) is 5.75 Å². The van der Waals surface area contributed by atoms with E-state index in [4.69, 9.17) is 25.5 Å². The number of pyridine rings is 1. The third kappa shape index (κ3) is 4.15. The van der Waals surface area contributed by atoms with Crippen LogP contribution in [0.2, 0.25) is 5.15 Å². The smallest absolute Gasteiger partial charge is 0.249 e. The lowest BCUT2D eigenvalue weighted by Crippen LogP contribution is -2.33. The third-order valence-electron chi connectivity index (χ3n) is 3.96. The number of fused-ring (bicyclic) bond motifs is 1. The molecule has 3 rings (SSSR count). The molecule has 0 N–H and O–H groups in total.